The van der Waals surface area contributed by atoms with Gasteiger partial charge in [0.15, 0.2) is 11.5 Å². The Bertz CT molecular complexity index is 932. The van der Waals surface area contributed by atoms with Crippen LogP contribution in [0.5, 0.6) is 11.5 Å². The van der Waals surface area contributed by atoms with Crippen molar-refractivity contribution in [1.82, 2.24) is 4.72 Å². The molecule has 0 spiro atoms. The Balaban J connectivity index is 1.64. The van der Waals surface area contributed by atoms with Crippen LogP contribution in [0.1, 0.15) is 29.5 Å². The third kappa shape index (κ3) is 4.99. The summed E-state index contributed by atoms with van der Waals surface area (Å²) in [4.78, 5) is 0.270. The van der Waals surface area contributed by atoms with Gasteiger partial charge in [0.25, 0.3) is 0 Å². The van der Waals surface area contributed by atoms with Crippen molar-refractivity contribution in [3.05, 3.63) is 53.1 Å². The van der Waals surface area contributed by atoms with Crippen molar-refractivity contribution in [2.45, 2.75) is 43.6 Å². The fourth-order valence-corrected chi connectivity index (χ4v) is 4.43. The normalized spacial score (nSPS) is 14.0. The maximum absolute atomic E-state index is 12.6. The van der Waals surface area contributed by atoms with Gasteiger partial charge in [-0.25, -0.2) is 13.1 Å². The van der Waals surface area contributed by atoms with E-state index >= 15 is 0 Å². The Kier molecular flexibility index (Phi) is 6.51. The third-order valence-electron chi connectivity index (χ3n) is 4.78. The fourth-order valence-electron chi connectivity index (χ4n) is 3.35. The van der Waals surface area contributed by atoms with Gasteiger partial charge in [-0.2, -0.15) is 8.78 Å². The zero-order valence-electron chi connectivity index (χ0n) is 15.6. The lowest BCUT2D eigenvalue weighted by molar-refractivity contribution is -0.0512. The molecule has 0 amide bonds. The van der Waals surface area contributed by atoms with Crippen LogP contribution in [0, 0.1) is 0 Å². The zero-order valence-corrected chi connectivity index (χ0v) is 16.4. The van der Waals surface area contributed by atoms with Crippen molar-refractivity contribution >= 4 is 10.0 Å². The van der Waals surface area contributed by atoms with E-state index in [4.69, 9.17) is 4.74 Å². The highest BCUT2D eigenvalue weighted by molar-refractivity contribution is 7.89. The van der Waals surface area contributed by atoms with E-state index in [9.17, 15) is 17.2 Å². The number of hydrogen-bond acceptors (Lipinski definition) is 4. The van der Waals surface area contributed by atoms with Gasteiger partial charge in [0, 0.05) is 6.54 Å². The summed E-state index contributed by atoms with van der Waals surface area (Å²) in [7, 11) is -2.25. The summed E-state index contributed by atoms with van der Waals surface area (Å²) in [6.45, 7) is -2.76. The molecule has 28 heavy (non-hydrogen) atoms. The Morgan fingerprint density at radius 3 is 2.50 bits per heavy atom. The first-order valence-corrected chi connectivity index (χ1v) is 10.6. The molecule has 0 atom stereocenters. The summed E-state index contributed by atoms with van der Waals surface area (Å²) < 4.78 is 61.9. The summed E-state index contributed by atoms with van der Waals surface area (Å²) in [5, 5.41) is 0. The van der Waals surface area contributed by atoms with E-state index in [0.29, 0.717) is 6.42 Å². The van der Waals surface area contributed by atoms with E-state index < -0.39 is 16.6 Å². The summed E-state index contributed by atoms with van der Waals surface area (Å²) in [6.07, 6.45) is 4.51. The summed E-state index contributed by atoms with van der Waals surface area (Å²) in [5.74, 6) is 0.117. The van der Waals surface area contributed by atoms with Crippen LogP contribution in [0.3, 0.4) is 0 Å². The van der Waals surface area contributed by atoms with Crippen LogP contribution in [0.2, 0.25) is 0 Å². The minimum Gasteiger partial charge on any atom is -0.493 e. The van der Waals surface area contributed by atoms with Gasteiger partial charge in [-0.15, -0.1) is 0 Å². The molecule has 1 aliphatic carbocycles. The van der Waals surface area contributed by atoms with Crippen molar-refractivity contribution in [3.8, 4) is 11.5 Å². The number of fused-ring (bicyclic) bond motifs is 1. The molecule has 0 unspecified atom stereocenters. The number of rotatable bonds is 8. The average Bonchev–Trinajstić information content (AvgIpc) is 2.68. The first-order valence-electron chi connectivity index (χ1n) is 9.12. The minimum absolute atomic E-state index is 0.0594. The Labute approximate surface area is 163 Å². The Morgan fingerprint density at radius 2 is 1.79 bits per heavy atom. The molecule has 8 heteroatoms. The molecule has 2 aromatic rings. The topological polar surface area (TPSA) is 64.6 Å². The summed E-state index contributed by atoms with van der Waals surface area (Å²) in [6, 6.07) is 9.86. The van der Waals surface area contributed by atoms with Crippen LogP contribution in [0.15, 0.2) is 41.3 Å². The minimum atomic E-state index is -3.61. The average molecular weight is 411 g/mol. The molecule has 2 aromatic carbocycles. The third-order valence-corrected chi connectivity index (χ3v) is 6.24. The lowest BCUT2D eigenvalue weighted by Gasteiger charge is -2.17. The molecular formula is C20H23F2NO4S. The highest BCUT2D eigenvalue weighted by Crippen LogP contribution is 2.29. The van der Waals surface area contributed by atoms with E-state index in [2.05, 4.69) is 9.46 Å². The molecule has 1 N–H and O–H groups in total. The largest absolute Gasteiger partial charge is 0.493 e. The number of alkyl halides is 2. The van der Waals surface area contributed by atoms with E-state index in [-0.39, 0.29) is 22.9 Å². The molecule has 5 nitrogen and oxygen atoms in total. The lowest BCUT2D eigenvalue weighted by Crippen LogP contribution is -2.26. The first kappa shape index (κ1) is 20.5. The van der Waals surface area contributed by atoms with Gasteiger partial charge in [-0.1, -0.05) is 12.1 Å². The standard InChI is InChI=1S/C20H23F2NO4S/c1-26-19-12-14(6-9-18(19)27-20(21)22)10-11-23-28(24,25)17-8-7-15-4-2-3-5-16(15)13-17/h6-9,12-13,20,23H,2-5,10-11H2,1H3. The van der Waals surface area contributed by atoms with Gasteiger partial charge >= 0.3 is 6.61 Å². The highest BCUT2D eigenvalue weighted by atomic mass is 32.2. The Morgan fingerprint density at radius 1 is 1.04 bits per heavy atom. The summed E-state index contributed by atoms with van der Waals surface area (Å²) >= 11 is 0. The molecule has 0 heterocycles. The van der Waals surface area contributed by atoms with Crippen LogP contribution in [0.4, 0.5) is 8.78 Å². The quantitative estimate of drug-likeness (QED) is 0.720. The molecular weight excluding hydrogens is 388 g/mol. The van der Waals surface area contributed by atoms with Crippen LogP contribution < -0.4 is 14.2 Å². The van der Waals surface area contributed by atoms with Gasteiger partial charge in [-0.05, 0) is 73.1 Å². The second-order valence-electron chi connectivity index (χ2n) is 6.65. The van der Waals surface area contributed by atoms with Gasteiger partial charge in [0.2, 0.25) is 10.0 Å². The van der Waals surface area contributed by atoms with Crippen LogP contribution >= 0.6 is 0 Å². The predicted molar refractivity (Wildman–Crippen MR) is 102 cm³/mol. The highest BCUT2D eigenvalue weighted by Gasteiger charge is 2.17. The smallest absolute Gasteiger partial charge is 0.387 e. The van der Waals surface area contributed by atoms with Gasteiger partial charge in [0.1, 0.15) is 0 Å². The number of hydrogen-bond donors (Lipinski definition) is 1. The molecule has 0 aromatic heterocycles. The van der Waals surface area contributed by atoms with E-state index in [1.54, 1.807) is 24.3 Å². The number of sulfonamides is 1. The number of aryl methyl sites for hydroxylation is 2. The second kappa shape index (κ2) is 8.87. The van der Waals surface area contributed by atoms with Gasteiger partial charge in [0.05, 0.1) is 12.0 Å². The molecule has 0 aliphatic heterocycles. The fraction of sp³-hybridized carbons (Fsp3) is 0.400. The SMILES string of the molecule is COc1cc(CCNS(=O)(=O)c2ccc3c(c2)CCCC3)ccc1OC(F)F. The lowest BCUT2D eigenvalue weighted by atomic mass is 9.92. The summed E-state index contributed by atoms with van der Waals surface area (Å²) in [5.41, 5.74) is 3.07. The molecule has 0 radical (unpaired) electrons. The van der Waals surface area contributed by atoms with E-state index in [1.807, 2.05) is 6.07 Å². The van der Waals surface area contributed by atoms with Crippen LogP contribution in [0.25, 0.3) is 0 Å². The second-order valence-corrected chi connectivity index (χ2v) is 8.42. The monoisotopic (exact) mass is 411 g/mol. The van der Waals surface area contributed by atoms with Crippen LogP contribution in [-0.2, 0) is 29.3 Å². The molecule has 1 aliphatic rings. The molecule has 152 valence electrons. The first-order chi connectivity index (χ1) is 13.4. The maximum Gasteiger partial charge on any atom is 0.387 e. The zero-order chi connectivity index (χ0) is 20.1. The predicted octanol–water partition coefficient (Wildman–Crippen LogP) is 3.70. The molecule has 0 saturated heterocycles. The van der Waals surface area contributed by atoms with E-state index in [0.717, 1.165) is 36.8 Å². The molecule has 3 rings (SSSR count). The van der Waals surface area contributed by atoms with Gasteiger partial charge < -0.3 is 9.47 Å². The number of ether oxygens (including phenoxy) is 2. The maximum atomic E-state index is 12.6. The molecule has 0 saturated carbocycles. The molecule has 0 bridgehead atoms. The number of benzene rings is 2. The van der Waals surface area contributed by atoms with Crippen molar-refractivity contribution in [1.29, 1.82) is 0 Å². The number of halogens is 2. The number of methoxy groups -OCH3 is 1. The molecule has 0 fully saturated rings. The van der Waals surface area contributed by atoms with Crippen molar-refractivity contribution < 1.29 is 26.7 Å². The van der Waals surface area contributed by atoms with E-state index in [1.165, 1.54) is 18.7 Å². The van der Waals surface area contributed by atoms with Crippen molar-refractivity contribution in [3.63, 3.8) is 0 Å². The Hall–Kier alpha value is -2.19. The van der Waals surface area contributed by atoms with Gasteiger partial charge in [-0.3, -0.25) is 0 Å². The van der Waals surface area contributed by atoms with Crippen molar-refractivity contribution in [2.75, 3.05) is 13.7 Å². The van der Waals surface area contributed by atoms with Crippen molar-refractivity contribution in [2.24, 2.45) is 0 Å². The number of nitrogens with one attached hydrogen (secondary N) is 1. The van der Waals surface area contributed by atoms with Crippen LogP contribution in [-0.4, -0.2) is 28.7 Å².